The summed E-state index contributed by atoms with van der Waals surface area (Å²) in [5, 5.41) is 2.95. The van der Waals surface area contributed by atoms with E-state index in [1.807, 2.05) is 55.5 Å². The van der Waals surface area contributed by atoms with Gasteiger partial charge in [0.15, 0.2) is 0 Å². The summed E-state index contributed by atoms with van der Waals surface area (Å²) in [5.41, 5.74) is 3.74. The highest BCUT2D eigenvalue weighted by Crippen LogP contribution is 2.28. The molecule has 0 spiro atoms. The van der Waals surface area contributed by atoms with E-state index in [1.54, 1.807) is 11.8 Å². The summed E-state index contributed by atoms with van der Waals surface area (Å²) in [6.07, 6.45) is 0. The summed E-state index contributed by atoms with van der Waals surface area (Å²) in [7, 11) is 0. The Balaban J connectivity index is 1.67. The summed E-state index contributed by atoms with van der Waals surface area (Å²) >= 11 is 1.71. The zero-order valence-electron chi connectivity index (χ0n) is 13.7. The molecule has 3 aromatic rings. The number of nitrogens with one attached hydrogen (secondary N) is 1. The molecule has 2 nitrogen and oxygen atoms in total. The van der Waals surface area contributed by atoms with Crippen molar-refractivity contribution in [1.29, 1.82) is 0 Å². The molecular formula is C21H19NOS. The van der Waals surface area contributed by atoms with E-state index in [9.17, 15) is 4.79 Å². The summed E-state index contributed by atoms with van der Waals surface area (Å²) in [4.78, 5) is 14.7. The van der Waals surface area contributed by atoms with Gasteiger partial charge in [-0.15, -0.1) is 0 Å². The van der Waals surface area contributed by atoms with Crippen LogP contribution in [0.3, 0.4) is 0 Å². The summed E-state index contributed by atoms with van der Waals surface area (Å²) < 4.78 is 0. The molecule has 24 heavy (non-hydrogen) atoms. The van der Waals surface area contributed by atoms with E-state index < -0.39 is 0 Å². The fraction of sp³-hybridized carbons (Fsp3) is 0.0952. The first kappa shape index (κ1) is 16.3. The van der Waals surface area contributed by atoms with Gasteiger partial charge in [0.1, 0.15) is 0 Å². The third kappa shape index (κ3) is 4.06. The van der Waals surface area contributed by atoms with E-state index >= 15 is 0 Å². The largest absolute Gasteiger partial charge is 0.322 e. The average Bonchev–Trinajstić information content (AvgIpc) is 2.59. The molecule has 0 saturated carbocycles. The monoisotopic (exact) mass is 333 g/mol. The molecule has 0 bridgehead atoms. The predicted octanol–water partition coefficient (Wildman–Crippen LogP) is 5.71. The Bertz CT molecular complexity index is 838. The maximum atomic E-state index is 12.3. The van der Waals surface area contributed by atoms with Gasteiger partial charge < -0.3 is 5.32 Å². The van der Waals surface area contributed by atoms with Crippen LogP contribution in [0, 0.1) is 13.8 Å². The van der Waals surface area contributed by atoms with E-state index in [2.05, 4.69) is 36.5 Å². The molecule has 0 radical (unpaired) electrons. The van der Waals surface area contributed by atoms with Crippen molar-refractivity contribution in [2.75, 3.05) is 5.32 Å². The number of aryl methyl sites for hydroxylation is 2. The van der Waals surface area contributed by atoms with E-state index in [4.69, 9.17) is 0 Å². The fourth-order valence-electron chi connectivity index (χ4n) is 2.37. The van der Waals surface area contributed by atoms with Crippen molar-refractivity contribution >= 4 is 23.4 Å². The van der Waals surface area contributed by atoms with Gasteiger partial charge in [-0.05, 0) is 61.9 Å². The molecule has 1 amide bonds. The molecule has 0 aliphatic carbocycles. The first-order valence-electron chi connectivity index (χ1n) is 7.83. The topological polar surface area (TPSA) is 29.1 Å². The minimum Gasteiger partial charge on any atom is -0.322 e. The lowest BCUT2D eigenvalue weighted by molar-refractivity contribution is 0.102. The SMILES string of the molecule is Cc1ccc(Sc2ccc(NC(=O)c3ccccc3C)cc2)cc1. The molecule has 0 fully saturated rings. The molecule has 0 aromatic heterocycles. The number of hydrogen-bond acceptors (Lipinski definition) is 2. The van der Waals surface area contributed by atoms with Crippen LogP contribution in [0.2, 0.25) is 0 Å². The van der Waals surface area contributed by atoms with Crippen LogP contribution < -0.4 is 5.32 Å². The minimum absolute atomic E-state index is 0.0768. The third-order valence-electron chi connectivity index (χ3n) is 3.76. The van der Waals surface area contributed by atoms with Crippen molar-refractivity contribution in [1.82, 2.24) is 0 Å². The lowest BCUT2D eigenvalue weighted by atomic mass is 10.1. The molecule has 120 valence electrons. The predicted molar refractivity (Wildman–Crippen MR) is 101 cm³/mol. The summed E-state index contributed by atoms with van der Waals surface area (Å²) in [6.45, 7) is 4.02. The van der Waals surface area contributed by atoms with Gasteiger partial charge in [-0.3, -0.25) is 4.79 Å². The van der Waals surface area contributed by atoms with E-state index in [0.29, 0.717) is 5.56 Å². The molecule has 0 atom stereocenters. The minimum atomic E-state index is -0.0768. The molecule has 0 saturated heterocycles. The van der Waals surface area contributed by atoms with Crippen LogP contribution in [0.15, 0.2) is 82.6 Å². The standard InChI is InChI=1S/C21H19NOS/c1-15-7-11-18(12-8-15)24-19-13-9-17(10-14-19)22-21(23)20-6-4-3-5-16(20)2/h3-14H,1-2H3,(H,22,23). The molecule has 0 aliphatic heterocycles. The van der Waals surface area contributed by atoms with E-state index in [0.717, 1.165) is 16.1 Å². The molecule has 0 unspecified atom stereocenters. The Morgan fingerprint density at radius 3 is 2.00 bits per heavy atom. The van der Waals surface area contributed by atoms with Crippen LogP contribution in [0.4, 0.5) is 5.69 Å². The number of hydrogen-bond donors (Lipinski definition) is 1. The highest BCUT2D eigenvalue weighted by Gasteiger charge is 2.08. The second-order valence-corrected chi connectivity index (χ2v) is 6.86. The second kappa shape index (κ2) is 7.37. The van der Waals surface area contributed by atoms with Gasteiger partial charge in [0, 0.05) is 21.0 Å². The van der Waals surface area contributed by atoms with Gasteiger partial charge in [-0.2, -0.15) is 0 Å². The quantitative estimate of drug-likeness (QED) is 0.663. The van der Waals surface area contributed by atoms with Crippen LogP contribution in [-0.4, -0.2) is 5.91 Å². The zero-order valence-corrected chi connectivity index (χ0v) is 14.6. The van der Waals surface area contributed by atoms with Crippen LogP contribution in [0.1, 0.15) is 21.5 Å². The maximum Gasteiger partial charge on any atom is 0.255 e. The Labute approximate surface area is 146 Å². The van der Waals surface area contributed by atoms with Crippen molar-refractivity contribution in [3.63, 3.8) is 0 Å². The number of rotatable bonds is 4. The molecule has 3 aromatic carbocycles. The number of anilines is 1. The second-order valence-electron chi connectivity index (χ2n) is 5.71. The highest BCUT2D eigenvalue weighted by molar-refractivity contribution is 7.99. The molecular weight excluding hydrogens is 314 g/mol. The lowest BCUT2D eigenvalue weighted by Gasteiger charge is -2.08. The fourth-order valence-corrected chi connectivity index (χ4v) is 3.19. The van der Waals surface area contributed by atoms with Gasteiger partial charge in [-0.1, -0.05) is 47.7 Å². The van der Waals surface area contributed by atoms with Gasteiger partial charge in [0.05, 0.1) is 0 Å². The van der Waals surface area contributed by atoms with Gasteiger partial charge >= 0.3 is 0 Å². The van der Waals surface area contributed by atoms with Crippen LogP contribution in [0.25, 0.3) is 0 Å². The third-order valence-corrected chi connectivity index (χ3v) is 4.77. The normalized spacial score (nSPS) is 10.4. The zero-order chi connectivity index (χ0) is 16.9. The Morgan fingerprint density at radius 2 is 1.38 bits per heavy atom. The lowest BCUT2D eigenvalue weighted by Crippen LogP contribution is -2.13. The van der Waals surface area contributed by atoms with E-state index in [-0.39, 0.29) is 5.91 Å². The number of amides is 1. The average molecular weight is 333 g/mol. The van der Waals surface area contributed by atoms with Crippen molar-refractivity contribution in [3.8, 4) is 0 Å². The Kier molecular flexibility index (Phi) is 5.02. The summed E-state index contributed by atoms with van der Waals surface area (Å²) in [6, 6.07) is 24.0. The molecule has 1 N–H and O–H groups in total. The number of benzene rings is 3. The van der Waals surface area contributed by atoms with Crippen LogP contribution >= 0.6 is 11.8 Å². The smallest absolute Gasteiger partial charge is 0.255 e. The number of carbonyl (C=O) groups is 1. The number of carbonyl (C=O) groups excluding carboxylic acids is 1. The van der Waals surface area contributed by atoms with Crippen LogP contribution in [0.5, 0.6) is 0 Å². The van der Waals surface area contributed by atoms with Crippen molar-refractivity contribution in [2.24, 2.45) is 0 Å². The van der Waals surface area contributed by atoms with Crippen molar-refractivity contribution in [3.05, 3.63) is 89.5 Å². The van der Waals surface area contributed by atoms with Crippen molar-refractivity contribution < 1.29 is 4.79 Å². The molecule has 3 heteroatoms. The van der Waals surface area contributed by atoms with Gasteiger partial charge in [0.25, 0.3) is 5.91 Å². The molecule has 0 heterocycles. The van der Waals surface area contributed by atoms with Gasteiger partial charge in [0.2, 0.25) is 0 Å². The first-order valence-corrected chi connectivity index (χ1v) is 8.65. The van der Waals surface area contributed by atoms with Gasteiger partial charge in [-0.25, -0.2) is 0 Å². The van der Waals surface area contributed by atoms with E-state index in [1.165, 1.54) is 10.5 Å². The highest BCUT2D eigenvalue weighted by atomic mass is 32.2. The van der Waals surface area contributed by atoms with Crippen molar-refractivity contribution in [2.45, 2.75) is 23.6 Å². The molecule has 3 rings (SSSR count). The Hall–Kier alpha value is -2.52. The maximum absolute atomic E-state index is 12.3. The molecule has 0 aliphatic rings. The van der Waals surface area contributed by atoms with Crippen LogP contribution in [-0.2, 0) is 0 Å². The Morgan fingerprint density at radius 1 is 0.792 bits per heavy atom. The first-order chi connectivity index (χ1) is 11.6. The summed E-state index contributed by atoms with van der Waals surface area (Å²) in [5.74, 6) is -0.0768.